The standard InChI is InChI=1S/C9H11BrClN/c1-6(2)9(11)7-3-8(10)5-12-4-7/h3-6,9H,1-2H3/t9-/m0/s1. The second-order valence-corrected chi connectivity index (χ2v) is 4.47. The molecule has 12 heavy (non-hydrogen) atoms. The SMILES string of the molecule is CC(C)[C@H](Cl)c1cncc(Br)c1. The normalized spacial score (nSPS) is 13.4. The van der Waals surface area contributed by atoms with Gasteiger partial charge in [0.25, 0.3) is 0 Å². The van der Waals surface area contributed by atoms with Gasteiger partial charge in [-0.1, -0.05) is 13.8 Å². The Labute approximate surface area is 86.3 Å². The van der Waals surface area contributed by atoms with E-state index in [0.717, 1.165) is 10.0 Å². The van der Waals surface area contributed by atoms with E-state index in [4.69, 9.17) is 11.6 Å². The predicted molar refractivity (Wildman–Crippen MR) is 55.4 cm³/mol. The van der Waals surface area contributed by atoms with E-state index < -0.39 is 0 Å². The van der Waals surface area contributed by atoms with Gasteiger partial charge in [0.05, 0.1) is 5.38 Å². The summed E-state index contributed by atoms with van der Waals surface area (Å²) in [5.41, 5.74) is 1.07. The fourth-order valence-corrected chi connectivity index (χ4v) is 1.47. The highest BCUT2D eigenvalue weighted by molar-refractivity contribution is 9.10. The van der Waals surface area contributed by atoms with Crippen LogP contribution in [0.1, 0.15) is 24.8 Å². The molecule has 0 aliphatic heterocycles. The molecule has 0 amide bonds. The molecule has 0 radical (unpaired) electrons. The van der Waals surface area contributed by atoms with Crippen molar-refractivity contribution in [2.75, 3.05) is 0 Å². The lowest BCUT2D eigenvalue weighted by molar-refractivity contribution is 0.622. The lowest BCUT2D eigenvalue weighted by atomic mass is 10.0. The first kappa shape index (κ1) is 10.0. The molecule has 0 aromatic carbocycles. The predicted octanol–water partition coefficient (Wildman–Crippen LogP) is 3.78. The molecule has 1 heterocycles. The monoisotopic (exact) mass is 247 g/mol. The quantitative estimate of drug-likeness (QED) is 0.726. The number of halogens is 2. The van der Waals surface area contributed by atoms with Crippen LogP contribution in [0.3, 0.4) is 0 Å². The Kier molecular flexibility index (Phi) is 3.53. The van der Waals surface area contributed by atoms with Crippen LogP contribution < -0.4 is 0 Å². The molecule has 0 unspecified atom stereocenters. The van der Waals surface area contributed by atoms with Crippen molar-refractivity contribution in [3.05, 3.63) is 28.5 Å². The van der Waals surface area contributed by atoms with Crippen LogP contribution in [-0.4, -0.2) is 4.98 Å². The number of pyridine rings is 1. The number of aromatic nitrogens is 1. The number of alkyl halides is 1. The third kappa shape index (κ3) is 2.46. The molecule has 0 saturated heterocycles. The molecule has 1 rings (SSSR count). The van der Waals surface area contributed by atoms with Crippen molar-refractivity contribution in [2.24, 2.45) is 5.92 Å². The third-order valence-electron chi connectivity index (χ3n) is 1.63. The molecule has 0 N–H and O–H groups in total. The Morgan fingerprint density at radius 3 is 2.58 bits per heavy atom. The third-order valence-corrected chi connectivity index (χ3v) is 2.82. The molecular weight excluding hydrogens is 237 g/mol. The molecule has 0 saturated carbocycles. The van der Waals surface area contributed by atoms with Gasteiger partial charge in [0.2, 0.25) is 0 Å². The van der Waals surface area contributed by atoms with Gasteiger partial charge < -0.3 is 0 Å². The molecule has 0 aliphatic carbocycles. The largest absolute Gasteiger partial charge is 0.263 e. The smallest absolute Gasteiger partial charge is 0.0623 e. The van der Waals surface area contributed by atoms with Crippen LogP contribution in [0.25, 0.3) is 0 Å². The molecular formula is C9H11BrClN. The Hall–Kier alpha value is -0.0800. The van der Waals surface area contributed by atoms with Gasteiger partial charge in [-0.2, -0.15) is 0 Å². The van der Waals surface area contributed by atoms with E-state index in [2.05, 4.69) is 34.8 Å². The molecule has 0 spiro atoms. The molecule has 1 nitrogen and oxygen atoms in total. The summed E-state index contributed by atoms with van der Waals surface area (Å²) >= 11 is 9.51. The summed E-state index contributed by atoms with van der Waals surface area (Å²) in [4.78, 5) is 4.06. The summed E-state index contributed by atoms with van der Waals surface area (Å²) in [5, 5.41) is 0.0509. The van der Waals surface area contributed by atoms with Gasteiger partial charge in [0.15, 0.2) is 0 Å². The van der Waals surface area contributed by atoms with E-state index >= 15 is 0 Å². The lowest BCUT2D eigenvalue weighted by Gasteiger charge is -2.12. The van der Waals surface area contributed by atoms with Crippen LogP contribution in [0.2, 0.25) is 0 Å². The second kappa shape index (κ2) is 4.24. The van der Waals surface area contributed by atoms with Crippen molar-refractivity contribution >= 4 is 27.5 Å². The van der Waals surface area contributed by atoms with Gasteiger partial charge in [-0.3, -0.25) is 4.98 Å². The molecule has 1 aromatic rings. The Morgan fingerprint density at radius 1 is 1.42 bits per heavy atom. The van der Waals surface area contributed by atoms with Gasteiger partial charge in [0, 0.05) is 16.9 Å². The average molecular weight is 249 g/mol. The van der Waals surface area contributed by atoms with Gasteiger partial charge in [-0.15, -0.1) is 11.6 Å². The number of hydrogen-bond acceptors (Lipinski definition) is 1. The summed E-state index contributed by atoms with van der Waals surface area (Å²) in [5.74, 6) is 0.433. The van der Waals surface area contributed by atoms with Crippen molar-refractivity contribution in [3.8, 4) is 0 Å². The van der Waals surface area contributed by atoms with Gasteiger partial charge >= 0.3 is 0 Å². The van der Waals surface area contributed by atoms with Crippen molar-refractivity contribution in [1.82, 2.24) is 4.98 Å². The van der Waals surface area contributed by atoms with Gasteiger partial charge in [-0.25, -0.2) is 0 Å². The molecule has 0 bridgehead atoms. The van der Waals surface area contributed by atoms with E-state index in [0.29, 0.717) is 5.92 Å². The summed E-state index contributed by atoms with van der Waals surface area (Å²) in [7, 11) is 0. The molecule has 0 aliphatic rings. The molecule has 0 fully saturated rings. The van der Waals surface area contributed by atoms with Crippen molar-refractivity contribution in [3.63, 3.8) is 0 Å². The Bertz CT molecular complexity index is 262. The Balaban J connectivity index is 2.88. The number of hydrogen-bond donors (Lipinski definition) is 0. The zero-order valence-corrected chi connectivity index (χ0v) is 9.43. The maximum absolute atomic E-state index is 6.15. The van der Waals surface area contributed by atoms with Crippen LogP contribution in [0.5, 0.6) is 0 Å². The van der Waals surface area contributed by atoms with Crippen LogP contribution in [0, 0.1) is 5.92 Å². The van der Waals surface area contributed by atoms with E-state index in [-0.39, 0.29) is 5.38 Å². The molecule has 66 valence electrons. The van der Waals surface area contributed by atoms with Gasteiger partial charge in [0.1, 0.15) is 0 Å². The summed E-state index contributed by atoms with van der Waals surface area (Å²) < 4.78 is 0.978. The van der Waals surface area contributed by atoms with Crippen LogP contribution >= 0.6 is 27.5 Å². The van der Waals surface area contributed by atoms with Crippen LogP contribution in [0.15, 0.2) is 22.9 Å². The highest BCUT2D eigenvalue weighted by Gasteiger charge is 2.12. The van der Waals surface area contributed by atoms with Crippen molar-refractivity contribution in [1.29, 1.82) is 0 Å². The first-order valence-electron chi connectivity index (χ1n) is 3.86. The summed E-state index contributed by atoms with van der Waals surface area (Å²) in [6.45, 7) is 4.19. The number of rotatable bonds is 2. The summed E-state index contributed by atoms with van der Waals surface area (Å²) in [6, 6.07) is 2.00. The van der Waals surface area contributed by atoms with E-state index in [1.54, 1.807) is 6.20 Å². The topological polar surface area (TPSA) is 12.9 Å². The maximum atomic E-state index is 6.15. The average Bonchev–Trinajstić information content (AvgIpc) is 2.03. The minimum Gasteiger partial charge on any atom is -0.263 e. The van der Waals surface area contributed by atoms with Crippen molar-refractivity contribution < 1.29 is 0 Å². The fourth-order valence-electron chi connectivity index (χ4n) is 0.964. The van der Waals surface area contributed by atoms with E-state index in [1.807, 2.05) is 12.3 Å². The molecule has 3 heteroatoms. The second-order valence-electron chi connectivity index (χ2n) is 3.08. The maximum Gasteiger partial charge on any atom is 0.0623 e. The Morgan fingerprint density at radius 2 is 2.08 bits per heavy atom. The highest BCUT2D eigenvalue weighted by Crippen LogP contribution is 2.28. The van der Waals surface area contributed by atoms with Gasteiger partial charge in [-0.05, 0) is 33.5 Å². The minimum atomic E-state index is 0.0509. The van der Waals surface area contributed by atoms with Crippen LogP contribution in [0.4, 0.5) is 0 Å². The zero-order valence-electron chi connectivity index (χ0n) is 7.09. The fraction of sp³-hybridized carbons (Fsp3) is 0.444. The zero-order chi connectivity index (χ0) is 9.14. The number of nitrogens with zero attached hydrogens (tertiary/aromatic N) is 1. The summed E-state index contributed by atoms with van der Waals surface area (Å²) in [6.07, 6.45) is 3.57. The molecule has 1 atom stereocenters. The highest BCUT2D eigenvalue weighted by atomic mass is 79.9. The first-order valence-corrected chi connectivity index (χ1v) is 5.08. The first-order chi connectivity index (χ1) is 5.61. The van der Waals surface area contributed by atoms with Crippen LogP contribution in [-0.2, 0) is 0 Å². The van der Waals surface area contributed by atoms with E-state index in [9.17, 15) is 0 Å². The molecule has 1 aromatic heterocycles. The minimum absolute atomic E-state index is 0.0509. The van der Waals surface area contributed by atoms with E-state index in [1.165, 1.54) is 0 Å². The lowest BCUT2D eigenvalue weighted by Crippen LogP contribution is -1.99. The van der Waals surface area contributed by atoms with Crippen molar-refractivity contribution in [2.45, 2.75) is 19.2 Å².